The Kier molecular flexibility index (Phi) is 5.60. The van der Waals surface area contributed by atoms with Gasteiger partial charge < -0.3 is 10.2 Å². The molecule has 1 rings (SSSR count). The van der Waals surface area contributed by atoms with E-state index in [0.29, 0.717) is 12.2 Å². The molecule has 0 amide bonds. The van der Waals surface area contributed by atoms with Crippen LogP contribution in [-0.2, 0) is 6.42 Å². The number of aromatic hydroxyl groups is 1. The Balaban J connectivity index is 2.61. The Labute approximate surface area is 124 Å². The molecule has 20 heavy (non-hydrogen) atoms. The highest BCUT2D eigenvalue weighted by Crippen LogP contribution is 2.25. The van der Waals surface area contributed by atoms with Gasteiger partial charge >= 0.3 is 0 Å². The number of phenolic OH excluding ortho intramolecular Hbond substituents is 1. The summed E-state index contributed by atoms with van der Waals surface area (Å²) in [5.74, 6) is 0.373. The lowest BCUT2D eigenvalue weighted by atomic mass is 9.99. The molecule has 1 atom stereocenters. The van der Waals surface area contributed by atoms with Gasteiger partial charge in [0, 0.05) is 8.07 Å². The van der Waals surface area contributed by atoms with Crippen LogP contribution >= 0.6 is 0 Å². The highest BCUT2D eigenvalue weighted by Gasteiger charge is 2.19. The van der Waals surface area contributed by atoms with E-state index in [1.807, 2.05) is 26.0 Å². The lowest BCUT2D eigenvalue weighted by Crippen LogP contribution is -2.24. The number of hydrogen-bond donors (Lipinski definition) is 2. The Morgan fingerprint density at radius 1 is 1.20 bits per heavy atom. The summed E-state index contributed by atoms with van der Waals surface area (Å²) in [5.41, 5.74) is 3.93. The van der Waals surface area contributed by atoms with E-state index in [4.69, 9.17) is 0 Å². The Bertz CT molecular complexity index is 463. The predicted octanol–water partition coefficient (Wildman–Crippen LogP) is 4.20. The monoisotopic (exact) mass is 292 g/mol. The Morgan fingerprint density at radius 3 is 2.15 bits per heavy atom. The molecule has 1 aromatic rings. The van der Waals surface area contributed by atoms with Gasteiger partial charge in [0.15, 0.2) is 0 Å². The maximum absolute atomic E-state index is 10.2. The number of aliphatic hydroxyl groups excluding tert-OH is 1. The van der Waals surface area contributed by atoms with Crippen molar-refractivity contribution in [2.24, 2.45) is 0 Å². The molecular weight excluding hydrogens is 264 g/mol. The van der Waals surface area contributed by atoms with Crippen molar-refractivity contribution in [3.05, 3.63) is 41.0 Å². The first kappa shape index (κ1) is 17.0. The van der Waals surface area contributed by atoms with Crippen LogP contribution in [0, 0.1) is 13.8 Å². The summed E-state index contributed by atoms with van der Waals surface area (Å²) >= 11 is 0. The molecule has 0 aliphatic heterocycles. The van der Waals surface area contributed by atoms with E-state index >= 15 is 0 Å². The van der Waals surface area contributed by atoms with Crippen molar-refractivity contribution in [1.82, 2.24) is 0 Å². The molecule has 2 nitrogen and oxygen atoms in total. The second-order valence-corrected chi connectivity index (χ2v) is 12.5. The first-order chi connectivity index (χ1) is 9.10. The van der Waals surface area contributed by atoms with Gasteiger partial charge in [0.2, 0.25) is 0 Å². The van der Waals surface area contributed by atoms with E-state index < -0.39 is 14.2 Å². The first-order valence-electron chi connectivity index (χ1n) is 7.25. The molecule has 0 heterocycles. The van der Waals surface area contributed by atoms with Gasteiger partial charge in [0.1, 0.15) is 5.75 Å². The molecule has 1 aromatic carbocycles. The summed E-state index contributed by atoms with van der Waals surface area (Å²) in [6.45, 7) is 14.7. The Morgan fingerprint density at radius 2 is 1.70 bits per heavy atom. The van der Waals surface area contributed by atoms with E-state index in [1.165, 1.54) is 0 Å². The maximum Gasteiger partial charge on any atom is 0.121 e. The fraction of sp³-hybridized carbons (Fsp3) is 0.529. The molecule has 0 saturated heterocycles. The van der Waals surface area contributed by atoms with E-state index in [9.17, 15) is 10.2 Å². The topological polar surface area (TPSA) is 40.5 Å². The van der Waals surface area contributed by atoms with Crippen LogP contribution in [-0.4, -0.2) is 24.4 Å². The van der Waals surface area contributed by atoms with Gasteiger partial charge in [-0.05, 0) is 49.4 Å². The van der Waals surface area contributed by atoms with Crippen molar-refractivity contribution < 1.29 is 10.2 Å². The van der Waals surface area contributed by atoms with E-state index in [2.05, 4.69) is 26.2 Å². The summed E-state index contributed by atoms with van der Waals surface area (Å²) in [6.07, 6.45) is 1.09. The number of rotatable bonds is 6. The van der Waals surface area contributed by atoms with Crippen molar-refractivity contribution in [2.75, 3.05) is 0 Å². The molecule has 0 spiro atoms. The van der Waals surface area contributed by atoms with Crippen molar-refractivity contribution in [1.29, 1.82) is 0 Å². The summed E-state index contributed by atoms with van der Waals surface area (Å²) in [5, 5.41) is 20.0. The number of phenols is 1. The van der Waals surface area contributed by atoms with Gasteiger partial charge in [-0.3, -0.25) is 0 Å². The van der Waals surface area contributed by atoms with Gasteiger partial charge in [-0.1, -0.05) is 43.9 Å². The van der Waals surface area contributed by atoms with E-state index in [-0.39, 0.29) is 0 Å². The molecule has 0 aromatic heterocycles. The molecule has 3 heteroatoms. The molecule has 0 saturated carbocycles. The highest BCUT2D eigenvalue weighted by atomic mass is 28.3. The molecule has 0 aliphatic carbocycles. The summed E-state index contributed by atoms with van der Waals surface area (Å²) in [6, 6.07) is 4.97. The average Bonchev–Trinajstić information content (AvgIpc) is 2.30. The molecule has 0 fully saturated rings. The second kappa shape index (κ2) is 6.59. The molecule has 1 unspecified atom stereocenters. The van der Waals surface area contributed by atoms with Crippen molar-refractivity contribution in [2.45, 2.75) is 58.5 Å². The minimum atomic E-state index is -1.21. The minimum Gasteiger partial charge on any atom is -0.507 e. The zero-order valence-corrected chi connectivity index (χ0v) is 14.5. The van der Waals surface area contributed by atoms with E-state index in [1.54, 1.807) is 0 Å². The third-order valence-corrected chi connectivity index (χ3v) is 5.00. The molecule has 2 N–H and O–H groups in total. The Hall–Kier alpha value is -1.06. The van der Waals surface area contributed by atoms with Gasteiger partial charge in [0.25, 0.3) is 0 Å². The van der Waals surface area contributed by atoms with Crippen LogP contribution in [0.5, 0.6) is 5.75 Å². The van der Waals surface area contributed by atoms with E-state index in [0.717, 1.165) is 34.7 Å². The molecule has 112 valence electrons. The average molecular weight is 292 g/mol. The number of hydrogen-bond acceptors (Lipinski definition) is 2. The van der Waals surface area contributed by atoms with Gasteiger partial charge in [-0.2, -0.15) is 0 Å². The van der Waals surface area contributed by atoms with Crippen LogP contribution < -0.4 is 0 Å². The molecule has 0 radical (unpaired) electrons. The largest absolute Gasteiger partial charge is 0.507 e. The third kappa shape index (κ3) is 5.14. The third-order valence-electron chi connectivity index (χ3n) is 3.49. The smallest absolute Gasteiger partial charge is 0.121 e. The maximum atomic E-state index is 10.2. The summed E-state index contributed by atoms with van der Waals surface area (Å²) < 4.78 is 0. The van der Waals surface area contributed by atoms with Crippen LogP contribution in [0.3, 0.4) is 0 Å². The van der Waals surface area contributed by atoms with Crippen molar-refractivity contribution in [3.63, 3.8) is 0 Å². The zero-order valence-electron chi connectivity index (χ0n) is 13.5. The highest BCUT2D eigenvalue weighted by molar-refractivity contribution is 6.76. The lowest BCUT2D eigenvalue weighted by molar-refractivity contribution is 0.201. The number of aryl methyl sites for hydroxylation is 3. The first-order valence-corrected chi connectivity index (χ1v) is 11.0. The fourth-order valence-electron chi connectivity index (χ4n) is 2.50. The van der Waals surface area contributed by atoms with Crippen molar-refractivity contribution in [3.8, 4) is 5.75 Å². The van der Waals surface area contributed by atoms with Gasteiger partial charge in [-0.25, -0.2) is 0 Å². The zero-order chi connectivity index (χ0) is 15.5. The second-order valence-electron chi connectivity index (χ2n) is 7.03. The van der Waals surface area contributed by atoms with Gasteiger partial charge in [-0.15, -0.1) is 0 Å². The standard InChI is InChI=1S/C17H28O2Si/c1-12-9-15(10-13(2)17(12)19)7-8-16(18)14(3)11-20(4,5)6/h9-10,16,18-19H,3,7-8,11H2,1-2,4-6H3. The molecule has 0 bridgehead atoms. The SMILES string of the molecule is C=C(C[Si](C)(C)C)C(O)CCc1cc(C)c(O)c(C)c1. The van der Waals surface area contributed by atoms with Crippen LogP contribution in [0.25, 0.3) is 0 Å². The van der Waals surface area contributed by atoms with Crippen LogP contribution in [0.4, 0.5) is 0 Å². The van der Waals surface area contributed by atoms with Crippen LogP contribution in [0.1, 0.15) is 23.1 Å². The summed E-state index contributed by atoms with van der Waals surface area (Å²) in [7, 11) is -1.21. The molecule has 0 aliphatic rings. The van der Waals surface area contributed by atoms with Crippen molar-refractivity contribution >= 4 is 8.07 Å². The van der Waals surface area contributed by atoms with Gasteiger partial charge in [0.05, 0.1) is 6.10 Å². The normalized spacial score (nSPS) is 13.3. The molecular formula is C17H28O2Si. The van der Waals surface area contributed by atoms with Crippen LogP contribution in [0.15, 0.2) is 24.3 Å². The lowest BCUT2D eigenvalue weighted by Gasteiger charge is -2.21. The quantitative estimate of drug-likeness (QED) is 0.609. The number of benzene rings is 1. The van der Waals surface area contributed by atoms with Crippen LogP contribution in [0.2, 0.25) is 25.7 Å². The fourth-order valence-corrected chi connectivity index (χ4v) is 4.09. The predicted molar refractivity (Wildman–Crippen MR) is 89.2 cm³/mol. The summed E-state index contributed by atoms with van der Waals surface area (Å²) in [4.78, 5) is 0. The number of aliphatic hydroxyl groups is 1. The minimum absolute atomic E-state index is 0.373.